The Morgan fingerprint density at radius 1 is 0.620 bits per heavy atom. The largest absolute Gasteiger partial charge is 0.481 e. The van der Waals surface area contributed by atoms with Gasteiger partial charge in [-0.3, -0.25) is 28.8 Å². The second kappa shape index (κ2) is 24.7. The molecule has 16 heteroatoms. The van der Waals surface area contributed by atoms with Crippen LogP contribution < -0.4 is 5.73 Å². The minimum absolute atomic E-state index is 0.0270. The van der Waals surface area contributed by atoms with E-state index in [-0.39, 0.29) is 25.2 Å². The van der Waals surface area contributed by atoms with Crippen molar-refractivity contribution < 1.29 is 74.0 Å². The summed E-state index contributed by atoms with van der Waals surface area (Å²) >= 11 is 0. The molecule has 0 aromatic heterocycles. The summed E-state index contributed by atoms with van der Waals surface area (Å²) in [5.74, 6) is -12.0. The Morgan fingerprint density at radius 3 is 1.50 bits per heavy atom. The first-order valence-electron chi connectivity index (χ1n) is 17.3. The molecular formula is C34H59NO15. The minimum atomic E-state index is -1.59. The molecule has 0 aromatic rings. The predicted molar refractivity (Wildman–Crippen MR) is 178 cm³/mol. The quantitative estimate of drug-likeness (QED) is 0.0407. The minimum Gasteiger partial charge on any atom is -0.481 e. The first-order valence-corrected chi connectivity index (χ1v) is 17.3. The highest BCUT2D eigenvalue weighted by molar-refractivity contribution is 5.83. The molecule has 0 radical (unpaired) electrons. The van der Waals surface area contributed by atoms with Crippen LogP contribution in [-0.2, 0) is 38.2 Å². The van der Waals surface area contributed by atoms with Crippen molar-refractivity contribution in [2.24, 2.45) is 29.4 Å². The zero-order chi connectivity index (χ0) is 38.6. The summed E-state index contributed by atoms with van der Waals surface area (Å²) in [6.45, 7) is 7.06. The number of carbonyl (C=O) groups excluding carboxylic acids is 2. The van der Waals surface area contributed by atoms with Crippen LogP contribution in [0.25, 0.3) is 0 Å². The summed E-state index contributed by atoms with van der Waals surface area (Å²) in [6.07, 6.45) is -3.74. The number of aliphatic hydroxyl groups is 3. The van der Waals surface area contributed by atoms with Crippen molar-refractivity contribution in [3.63, 3.8) is 0 Å². The van der Waals surface area contributed by atoms with Crippen molar-refractivity contribution in [1.29, 1.82) is 0 Å². The molecule has 0 aromatic carbocycles. The van der Waals surface area contributed by atoms with Crippen LogP contribution in [-0.4, -0.2) is 108 Å². The summed E-state index contributed by atoms with van der Waals surface area (Å²) in [4.78, 5) is 71.6. The van der Waals surface area contributed by atoms with Gasteiger partial charge >= 0.3 is 35.8 Å². The molecule has 50 heavy (non-hydrogen) atoms. The van der Waals surface area contributed by atoms with Crippen molar-refractivity contribution in [3.05, 3.63) is 0 Å². The van der Waals surface area contributed by atoms with Crippen LogP contribution in [0.15, 0.2) is 0 Å². The number of rotatable bonds is 29. The molecule has 0 unspecified atom stereocenters. The van der Waals surface area contributed by atoms with Gasteiger partial charge in [-0.1, -0.05) is 46.5 Å². The van der Waals surface area contributed by atoms with Crippen LogP contribution >= 0.6 is 0 Å². The number of ether oxygens (including phenoxy) is 2. The lowest BCUT2D eigenvalue weighted by Crippen LogP contribution is -2.42. The van der Waals surface area contributed by atoms with Crippen molar-refractivity contribution >= 4 is 35.8 Å². The van der Waals surface area contributed by atoms with Crippen LogP contribution in [0.1, 0.15) is 118 Å². The molecule has 0 saturated heterocycles. The van der Waals surface area contributed by atoms with E-state index in [2.05, 4.69) is 0 Å². The third-order valence-electron chi connectivity index (χ3n) is 8.61. The maximum atomic E-state index is 13.0. The molecule has 0 rings (SSSR count). The van der Waals surface area contributed by atoms with E-state index in [0.717, 1.165) is 6.42 Å². The molecule has 0 aliphatic heterocycles. The maximum absolute atomic E-state index is 13.0. The van der Waals surface area contributed by atoms with Gasteiger partial charge in [0.2, 0.25) is 0 Å². The molecule has 0 bridgehead atoms. The maximum Gasteiger partial charge on any atom is 0.307 e. The molecule has 290 valence electrons. The third-order valence-corrected chi connectivity index (χ3v) is 8.61. The van der Waals surface area contributed by atoms with E-state index in [1.165, 1.54) is 0 Å². The van der Waals surface area contributed by atoms with Crippen molar-refractivity contribution in [2.75, 3.05) is 0 Å². The second-order valence-corrected chi connectivity index (χ2v) is 13.6. The van der Waals surface area contributed by atoms with Crippen LogP contribution in [0.5, 0.6) is 0 Å². The number of esters is 2. The molecule has 0 amide bonds. The summed E-state index contributed by atoms with van der Waals surface area (Å²) in [6, 6.07) is -0.476. The van der Waals surface area contributed by atoms with Gasteiger partial charge < -0.3 is 51.0 Å². The lowest BCUT2D eigenvalue weighted by atomic mass is 9.87. The molecule has 0 fully saturated rings. The van der Waals surface area contributed by atoms with Crippen molar-refractivity contribution in [1.82, 2.24) is 0 Å². The van der Waals surface area contributed by atoms with Crippen LogP contribution in [0.4, 0.5) is 0 Å². The Morgan fingerprint density at radius 2 is 1.08 bits per heavy atom. The average Bonchev–Trinajstić information content (AvgIpc) is 2.99. The molecular weight excluding hydrogens is 662 g/mol. The molecule has 0 heterocycles. The van der Waals surface area contributed by atoms with Gasteiger partial charge in [0.15, 0.2) is 0 Å². The van der Waals surface area contributed by atoms with Gasteiger partial charge in [0.25, 0.3) is 0 Å². The molecule has 9 N–H and O–H groups in total. The fraction of sp³-hybridized carbons (Fsp3) is 0.824. The van der Waals surface area contributed by atoms with E-state index in [1.54, 1.807) is 20.8 Å². The SMILES string of the molecule is CCCC[C@@H](C)[C@@H](OC(=O)C[C@@H](CC(=O)O)C(=O)O)[C@H](C[C@@H](C)C[C@H](O)CCCC[C@H](O)C[C@H](O)[C@H](C)N)OC(=O)C[C@H](CC(=O)O)C(=O)O. The predicted octanol–water partition coefficient (Wildman–Crippen LogP) is 2.56. The van der Waals surface area contributed by atoms with E-state index >= 15 is 0 Å². The molecule has 16 nitrogen and oxygen atoms in total. The number of carbonyl (C=O) groups is 6. The molecule has 0 aliphatic carbocycles. The summed E-state index contributed by atoms with van der Waals surface area (Å²) in [7, 11) is 0. The van der Waals surface area contributed by atoms with Crippen molar-refractivity contribution in [3.8, 4) is 0 Å². The highest BCUT2D eigenvalue weighted by Crippen LogP contribution is 2.29. The van der Waals surface area contributed by atoms with Gasteiger partial charge in [0.05, 0.1) is 55.8 Å². The molecule has 0 spiro atoms. The van der Waals surface area contributed by atoms with Crippen LogP contribution in [0.3, 0.4) is 0 Å². The normalized spacial score (nSPS) is 17.5. The number of nitrogens with two attached hydrogens (primary N) is 1. The number of carboxylic acid groups (broad SMARTS) is 4. The third kappa shape index (κ3) is 21.0. The Balaban J connectivity index is 5.98. The average molecular weight is 722 g/mol. The lowest BCUT2D eigenvalue weighted by molar-refractivity contribution is -0.177. The van der Waals surface area contributed by atoms with Gasteiger partial charge in [-0.25, -0.2) is 0 Å². The standard InChI is InChI=1S/C34H59NO15/c1-5-6-9-20(3)32(50-31(44)17-23(34(47)48)15-29(41)42)27(49-30(43)16-22(33(45)46)14-28(39)40)13-19(2)12-24(36)10-7-8-11-25(37)18-26(38)21(4)35/h19-27,32,36-38H,5-18,35H2,1-4H3,(H,39,40)(H,41,42)(H,45,46)(H,47,48)/t19-,20+,21-,22-,23+,24+,25-,26-,27-,32+/m0/s1. The van der Waals surface area contributed by atoms with E-state index in [1.807, 2.05) is 6.92 Å². The fourth-order valence-corrected chi connectivity index (χ4v) is 5.68. The zero-order valence-corrected chi connectivity index (χ0v) is 29.6. The Labute approximate surface area is 293 Å². The Bertz CT molecular complexity index is 1070. The highest BCUT2D eigenvalue weighted by Gasteiger charge is 2.37. The number of unbranched alkanes of at least 4 members (excludes halogenated alkanes) is 2. The van der Waals surface area contributed by atoms with Crippen LogP contribution in [0, 0.1) is 23.7 Å². The van der Waals surface area contributed by atoms with E-state index < -0.39 is 116 Å². The number of carboxylic acids is 4. The first kappa shape index (κ1) is 46.7. The highest BCUT2D eigenvalue weighted by atomic mass is 16.6. The zero-order valence-electron chi connectivity index (χ0n) is 29.6. The van der Waals surface area contributed by atoms with Gasteiger partial charge in [0.1, 0.15) is 12.2 Å². The van der Waals surface area contributed by atoms with E-state index in [9.17, 15) is 54.3 Å². The molecule has 0 aliphatic rings. The summed E-state index contributed by atoms with van der Waals surface area (Å²) in [5, 5.41) is 67.8. The van der Waals surface area contributed by atoms with Gasteiger partial charge in [-0.2, -0.15) is 0 Å². The smallest absolute Gasteiger partial charge is 0.307 e. The second-order valence-electron chi connectivity index (χ2n) is 13.6. The number of aliphatic hydroxyl groups excluding tert-OH is 3. The molecule has 10 atom stereocenters. The van der Waals surface area contributed by atoms with Gasteiger partial charge in [-0.15, -0.1) is 0 Å². The lowest BCUT2D eigenvalue weighted by Gasteiger charge is -2.33. The number of aliphatic carboxylic acids is 4. The molecule has 0 saturated carbocycles. The first-order chi connectivity index (χ1) is 23.3. The van der Waals surface area contributed by atoms with Gasteiger partial charge in [0, 0.05) is 12.5 Å². The Kier molecular flexibility index (Phi) is 23.1. The van der Waals surface area contributed by atoms with E-state index in [4.69, 9.17) is 25.4 Å². The van der Waals surface area contributed by atoms with E-state index in [0.29, 0.717) is 38.5 Å². The van der Waals surface area contributed by atoms with Crippen LogP contribution in [0.2, 0.25) is 0 Å². The van der Waals surface area contributed by atoms with Crippen molar-refractivity contribution in [2.45, 2.75) is 154 Å². The Hall–Kier alpha value is -3.34. The number of hydrogen-bond donors (Lipinski definition) is 8. The topological polar surface area (TPSA) is 289 Å². The van der Waals surface area contributed by atoms with Gasteiger partial charge in [-0.05, 0) is 50.9 Å². The summed E-state index contributed by atoms with van der Waals surface area (Å²) in [5.41, 5.74) is 5.63. The number of hydrogen-bond acceptors (Lipinski definition) is 12. The summed E-state index contributed by atoms with van der Waals surface area (Å²) < 4.78 is 11.4. The fourth-order valence-electron chi connectivity index (χ4n) is 5.68. The monoisotopic (exact) mass is 721 g/mol.